The van der Waals surface area contributed by atoms with Crippen molar-refractivity contribution in [2.75, 3.05) is 19.0 Å². The third kappa shape index (κ3) is 5.74. The number of rotatable bonds is 8. The normalized spacial score (nSPS) is 11.2. The molecule has 0 bridgehead atoms. The fourth-order valence-electron chi connectivity index (χ4n) is 2.11. The zero-order valence-corrected chi connectivity index (χ0v) is 14.9. The Labute approximate surface area is 156 Å². The Morgan fingerprint density at radius 3 is 2.37 bits per heavy atom. The Morgan fingerprint density at radius 1 is 1.07 bits per heavy atom. The third-order valence-electron chi connectivity index (χ3n) is 3.49. The van der Waals surface area contributed by atoms with Crippen molar-refractivity contribution >= 4 is 23.5 Å². The first-order valence-electron chi connectivity index (χ1n) is 8.06. The molecule has 0 saturated heterocycles. The molecule has 0 aliphatic carbocycles. The van der Waals surface area contributed by atoms with Crippen LogP contribution in [-0.4, -0.2) is 37.6 Å². The summed E-state index contributed by atoms with van der Waals surface area (Å²) in [4.78, 5) is 35.1. The molecule has 0 aromatic heterocycles. The summed E-state index contributed by atoms with van der Waals surface area (Å²) in [6.07, 6.45) is -1.02. The van der Waals surface area contributed by atoms with Gasteiger partial charge in [-0.1, -0.05) is 12.1 Å². The smallest absolute Gasteiger partial charge is 0.338 e. The van der Waals surface area contributed by atoms with Gasteiger partial charge in [0.1, 0.15) is 11.5 Å². The second-order valence-corrected chi connectivity index (χ2v) is 5.52. The molecule has 8 heteroatoms. The van der Waals surface area contributed by atoms with Gasteiger partial charge in [-0.15, -0.1) is 0 Å². The molecule has 0 saturated carbocycles. The monoisotopic (exact) mass is 372 g/mol. The Morgan fingerprint density at radius 2 is 1.74 bits per heavy atom. The van der Waals surface area contributed by atoms with Crippen LogP contribution in [0.3, 0.4) is 0 Å². The first-order valence-corrected chi connectivity index (χ1v) is 8.06. The SMILES string of the molecule is COc1ccccc1NC(=O)[C@H](C)OC(=O)c1ccc(OCC(N)=O)cc1. The Kier molecular flexibility index (Phi) is 6.76. The lowest BCUT2D eigenvalue weighted by Crippen LogP contribution is -2.30. The molecular formula is C19H20N2O6. The first-order chi connectivity index (χ1) is 12.9. The van der Waals surface area contributed by atoms with E-state index in [4.69, 9.17) is 19.9 Å². The predicted molar refractivity (Wildman–Crippen MR) is 97.6 cm³/mol. The highest BCUT2D eigenvalue weighted by Crippen LogP contribution is 2.23. The zero-order chi connectivity index (χ0) is 19.8. The van der Waals surface area contributed by atoms with E-state index in [0.717, 1.165) is 0 Å². The van der Waals surface area contributed by atoms with Gasteiger partial charge in [0.2, 0.25) is 0 Å². The van der Waals surface area contributed by atoms with Crippen LogP contribution in [0.2, 0.25) is 0 Å². The average Bonchev–Trinajstić information content (AvgIpc) is 2.67. The second kappa shape index (κ2) is 9.23. The summed E-state index contributed by atoms with van der Waals surface area (Å²) in [5, 5.41) is 2.65. The average molecular weight is 372 g/mol. The van der Waals surface area contributed by atoms with Gasteiger partial charge in [-0.2, -0.15) is 0 Å². The van der Waals surface area contributed by atoms with Crippen LogP contribution in [0.15, 0.2) is 48.5 Å². The van der Waals surface area contributed by atoms with Crippen LogP contribution < -0.4 is 20.5 Å². The van der Waals surface area contributed by atoms with Crippen molar-refractivity contribution in [1.29, 1.82) is 0 Å². The molecule has 142 valence electrons. The molecule has 27 heavy (non-hydrogen) atoms. The highest BCUT2D eigenvalue weighted by molar-refractivity contribution is 5.98. The quantitative estimate of drug-likeness (QED) is 0.682. The number of primary amides is 1. The number of ether oxygens (including phenoxy) is 3. The number of para-hydroxylation sites is 2. The Hall–Kier alpha value is -3.55. The number of hydrogen-bond donors (Lipinski definition) is 2. The number of carbonyl (C=O) groups excluding carboxylic acids is 3. The number of amides is 2. The molecular weight excluding hydrogens is 352 g/mol. The maximum absolute atomic E-state index is 12.2. The van der Waals surface area contributed by atoms with Crippen LogP contribution in [0.1, 0.15) is 17.3 Å². The maximum atomic E-state index is 12.2. The van der Waals surface area contributed by atoms with E-state index >= 15 is 0 Å². The summed E-state index contributed by atoms with van der Waals surface area (Å²) in [6, 6.07) is 12.8. The number of nitrogens with two attached hydrogens (primary N) is 1. The number of nitrogens with one attached hydrogen (secondary N) is 1. The molecule has 0 heterocycles. The number of esters is 1. The third-order valence-corrected chi connectivity index (χ3v) is 3.49. The molecule has 0 fully saturated rings. The van der Waals surface area contributed by atoms with Gasteiger partial charge >= 0.3 is 5.97 Å². The Balaban J connectivity index is 1.94. The second-order valence-electron chi connectivity index (χ2n) is 5.52. The van der Waals surface area contributed by atoms with Crippen molar-refractivity contribution in [3.8, 4) is 11.5 Å². The minimum absolute atomic E-state index is 0.235. The van der Waals surface area contributed by atoms with Gasteiger partial charge in [0.05, 0.1) is 18.4 Å². The molecule has 0 unspecified atom stereocenters. The lowest BCUT2D eigenvalue weighted by Gasteiger charge is -2.15. The standard InChI is InChI=1S/C19H20N2O6/c1-12(18(23)21-15-5-3-4-6-16(15)25-2)27-19(24)13-7-9-14(10-8-13)26-11-17(20)22/h3-10,12H,11H2,1-2H3,(H2,20,22)(H,21,23)/t12-/m0/s1. The molecule has 0 spiro atoms. The van der Waals surface area contributed by atoms with Crippen LogP contribution in [0.4, 0.5) is 5.69 Å². The highest BCUT2D eigenvalue weighted by Gasteiger charge is 2.20. The number of methoxy groups -OCH3 is 1. The number of hydrogen-bond acceptors (Lipinski definition) is 6. The molecule has 2 aromatic carbocycles. The molecule has 2 amide bonds. The molecule has 3 N–H and O–H groups in total. The van der Waals surface area contributed by atoms with E-state index in [1.54, 1.807) is 24.3 Å². The van der Waals surface area contributed by atoms with E-state index in [2.05, 4.69) is 5.32 Å². The topological polar surface area (TPSA) is 117 Å². The van der Waals surface area contributed by atoms with Gasteiger partial charge in [0.15, 0.2) is 12.7 Å². The molecule has 2 aromatic rings. The van der Waals surface area contributed by atoms with Crippen molar-refractivity contribution in [2.24, 2.45) is 5.73 Å². The van der Waals surface area contributed by atoms with Gasteiger partial charge in [0, 0.05) is 0 Å². The lowest BCUT2D eigenvalue weighted by molar-refractivity contribution is -0.123. The van der Waals surface area contributed by atoms with E-state index in [-0.39, 0.29) is 12.2 Å². The fourth-order valence-corrected chi connectivity index (χ4v) is 2.11. The summed E-state index contributed by atoms with van der Waals surface area (Å²) in [7, 11) is 1.49. The van der Waals surface area contributed by atoms with E-state index in [1.165, 1.54) is 38.3 Å². The molecule has 1 atom stereocenters. The number of benzene rings is 2. The molecule has 0 aliphatic rings. The van der Waals surface area contributed by atoms with Gasteiger partial charge < -0.3 is 25.3 Å². The highest BCUT2D eigenvalue weighted by atomic mass is 16.5. The van der Waals surface area contributed by atoms with Crippen LogP contribution in [0.25, 0.3) is 0 Å². The zero-order valence-electron chi connectivity index (χ0n) is 14.9. The van der Waals surface area contributed by atoms with Crippen molar-refractivity contribution in [3.05, 3.63) is 54.1 Å². The maximum Gasteiger partial charge on any atom is 0.338 e. The largest absolute Gasteiger partial charge is 0.495 e. The molecule has 0 radical (unpaired) electrons. The summed E-state index contributed by atoms with van der Waals surface area (Å²) in [5.74, 6) is -0.884. The van der Waals surface area contributed by atoms with Gasteiger partial charge in [-0.25, -0.2) is 4.79 Å². The molecule has 0 aliphatic heterocycles. The van der Waals surface area contributed by atoms with Crippen molar-refractivity contribution < 1.29 is 28.6 Å². The van der Waals surface area contributed by atoms with Crippen molar-refractivity contribution in [1.82, 2.24) is 0 Å². The van der Waals surface area contributed by atoms with Gasteiger partial charge in [-0.05, 0) is 43.3 Å². The lowest BCUT2D eigenvalue weighted by atomic mass is 10.2. The number of carbonyl (C=O) groups is 3. The van der Waals surface area contributed by atoms with Crippen LogP contribution in [0.5, 0.6) is 11.5 Å². The molecule has 8 nitrogen and oxygen atoms in total. The Bertz CT molecular complexity index is 819. The fraction of sp³-hybridized carbons (Fsp3) is 0.211. The van der Waals surface area contributed by atoms with Crippen LogP contribution >= 0.6 is 0 Å². The van der Waals surface area contributed by atoms with Crippen LogP contribution in [-0.2, 0) is 14.3 Å². The summed E-state index contributed by atoms with van der Waals surface area (Å²) in [5.41, 5.74) is 5.70. The van der Waals surface area contributed by atoms with Crippen molar-refractivity contribution in [3.63, 3.8) is 0 Å². The van der Waals surface area contributed by atoms with Crippen molar-refractivity contribution in [2.45, 2.75) is 13.0 Å². The summed E-state index contributed by atoms with van der Waals surface area (Å²) in [6.45, 7) is 1.21. The first kappa shape index (κ1) is 19.8. The summed E-state index contributed by atoms with van der Waals surface area (Å²) < 4.78 is 15.4. The van der Waals surface area contributed by atoms with Gasteiger partial charge in [0.25, 0.3) is 11.8 Å². The molecule has 2 rings (SSSR count). The van der Waals surface area contributed by atoms with E-state index < -0.39 is 23.9 Å². The predicted octanol–water partition coefficient (Wildman–Crippen LogP) is 1.74. The van der Waals surface area contributed by atoms with Crippen LogP contribution in [0, 0.1) is 0 Å². The van der Waals surface area contributed by atoms with E-state index in [0.29, 0.717) is 17.2 Å². The van der Waals surface area contributed by atoms with E-state index in [9.17, 15) is 14.4 Å². The minimum Gasteiger partial charge on any atom is -0.495 e. The van der Waals surface area contributed by atoms with Gasteiger partial charge in [-0.3, -0.25) is 9.59 Å². The summed E-state index contributed by atoms with van der Waals surface area (Å²) >= 11 is 0. The minimum atomic E-state index is -1.02. The number of anilines is 1. The van der Waals surface area contributed by atoms with E-state index in [1.807, 2.05) is 0 Å².